The maximum Gasteiger partial charge on any atom is 0.340 e. The number of aryl methyl sites for hydroxylation is 2. The number of likely N-dealkylation sites (N-methyl/N-ethyl adjacent to an activating group) is 1. The van der Waals surface area contributed by atoms with Gasteiger partial charge in [-0.25, -0.2) is 9.18 Å². The molecule has 6 nitrogen and oxygen atoms in total. The highest BCUT2D eigenvalue weighted by Gasteiger charge is 2.21. The van der Waals surface area contributed by atoms with E-state index >= 15 is 0 Å². The van der Waals surface area contributed by atoms with Gasteiger partial charge in [0.15, 0.2) is 18.2 Å². The van der Waals surface area contributed by atoms with Crippen LogP contribution in [0.1, 0.15) is 34.1 Å². The smallest absolute Gasteiger partial charge is 0.340 e. The molecule has 0 N–H and O–H groups in total. The van der Waals surface area contributed by atoms with Gasteiger partial charge in [-0.2, -0.15) is 0 Å². The molecule has 162 valence electrons. The third-order valence-corrected chi connectivity index (χ3v) is 5.15. The van der Waals surface area contributed by atoms with E-state index in [0.29, 0.717) is 23.2 Å². The van der Waals surface area contributed by atoms with Crippen LogP contribution in [0.3, 0.4) is 0 Å². The molecule has 0 atom stereocenters. The molecule has 0 aliphatic rings. The van der Waals surface area contributed by atoms with E-state index in [1.165, 1.54) is 24.1 Å². The quantitative estimate of drug-likeness (QED) is 0.535. The lowest BCUT2D eigenvalue weighted by Gasteiger charge is -2.18. The molecule has 0 saturated heterocycles. The van der Waals surface area contributed by atoms with Gasteiger partial charge in [0.05, 0.1) is 23.9 Å². The summed E-state index contributed by atoms with van der Waals surface area (Å²) in [5.41, 5.74) is 3.23. The predicted octanol–water partition coefficient (Wildman–Crippen LogP) is 4.07. The number of hydrogen-bond acceptors (Lipinski definition) is 5. The van der Waals surface area contributed by atoms with Crippen molar-refractivity contribution in [1.29, 1.82) is 0 Å². The van der Waals surface area contributed by atoms with E-state index in [-0.39, 0.29) is 12.3 Å². The molecule has 0 aliphatic heterocycles. The second kappa shape index (κ2) is 9.55. The first-order valence-electron chi connectivity index (χ1n) is 9.97. The average Bonchev–Trinajstić information content (AvgIpc) is 2.77. The minimum atomic E-state index is -0.579. The van der Waals surface area contributed by atoms with Crippen molar-refractivity contribution in [2.45, 2.75) is 26.8 Å². The summed E-state index contributed by atoms with van der Waals surface area (Å²) in [6, 6.07) is 12.1. The average molecular weight is 424 g/mol. The molecule has 7 heteroatoms. The number of methoxy groups -OCH3 is 1. The topological polar surface area (TPSA) is 68.7 Å². The van der Waals surface area contributed by atoms with Gasteiger partial charge in [-0.1, -0.05) is 31.2 Å². The summed E-state index contributed by atoms with van der Waals surface area (Å²) in [5.74, 6) is -1.34. The van der Waals surface area contributed by atoms with Gasteiger partial charge in [-0.3, -0.25) is 9.78 Å². The Labute approximate surface area is 180 Å². The molecule has 31 heavy (non-hydrogen) atoms. The van der Waals surface area contributed by atoms with Gasteiger partial charge in [-0.05, 0) is 42.7 Å². The summed E-state index contributed by atoms with van der Waals surface area (Å²) in [5, 5.41) is 0.872. The van der Waals surface area contributed by atoms with Gasteiger partial charge >= 0.3 is 5.97 Å². The predicted molar refractivity (Wildman–Crippen MR) is 116 cm³/mol. The molecule has 0 bridgehead atoms. The van der Waals surface area contributed by atoms with Crippen molar-refractivity contribution < 1.29 is 23.5 Å². The Bertz CT molecular complexity index is 1130. The highest BCUT2D eigenvalue weighted by Crippen LogP contribution is 2.24. The normalized spacial score (nSPS) is 10.7. The maximum atomic E-state index is 13.9. The van der Waals surface area contributed by atoms with Crippen molar-refractivity contribution in [3.8, 4) is 5.75 Å². The minimum Gasteiger partial charge on any atom is -0.494 e. The first-order chi connectivity index (χ1) is 14.8. The van der Waals surface area contributed by atoms with Gasteiger partial charge in [0.2, 0.25) is 0 Å². The fourth-order valence-electron chi connectivity index (χ4n) is 3.45. The number of carbonyl (C=O) groups excluding carboxylic acids is 2. The van der Waals surface area contributed by atoms with Gasteiger partial charge in [-0.15, -0.1) is 0 Å². The Morgan fingerprint density at radius 2 is 1.90 bits per heavy atom. The Balaban J connectivity index is 1.69. The van der Waals surface area contributed by atoms with Crippen molar-refractivity contribution >= 4 is 22.8 Å². The molecule has 0 spiro atoms. The summed E-state index contributed by atoms with van der Waals surface area (Å²) < 4.78 is 24.1. The van der Waals surface area contributed by atoms with Crippen molar-refractivity contribution in [1.82, 2.24) is 9.88 Å². The lowest BCUT2D eigenvalue weighted by molar-refractivity contribution is -0.133. The van der Waals surface area contributed by atoms with Crippen LogP contribution in [0.15, 0.2) is 42.5 Å². The van der Waals surface area contributed by atoms with Gasteiger partial charge in [0, 0.05) is 19.0 Å². The molecule has 0 unspecified atom stereocenters. The van der Waals surface area contributed by atoms with Crippen molar-refractivity contribution in [3.63, 3.8) is 0 Å². The van der Waals surface area contributed by atoms with E-state index in [1.807, 2.05) is 38.1 Å². The van der Waals surface area contributed by atoms with Crippen molar-refractivity contribution in [2.24, 2.45) is 0 Å². The summed E-state index contributed by atoms with van der Waals surface area (Å²) in [7, 11) is 2.96. The van der Waals surface area contributed by atoms with Crippen LogP contribution in [0.25, 0.3) is 10.9 Å². The third-order valence-electron chi connectivity index (χ3n) is 5.15. The zero-order valence-electron chi connectivity index (χ0n) is 18.1. The molecule has 0 radical (unpaired) electrons. The lowest BCUT2D eigenvalue weighted by Crippen LogP contribution is -2.31. The minimum absolute atomic E-state index is 0.137. The Morgan fingerprint density at radius 1 is 1.16 bits per heavy atom. The molecular formula is C24H25FN2O4. The number of aromatic nitrogens is 1. The van der Waals surface area contributed by atoms with Gasteiger partial charge in [0.25, 0.3) is 5.91 Å². The van der Waals surface area contributed by atoms with Gasteiger partial charge in [0.1, 0.15) is 0 Å². The number of rotatable bonds is 7. The number of para-hydroxylation sites is 1. The first kappa shape index (κ1) is 22.2. The number of esters is 1. The highest BCUT2D eigenvalue weighted by molar-refractivity contribution is 5.99. The van der Waals surface area contributed by atoms with E-state index in [0.717, 1.165) is 16.5 Å². The number of halogens is 1. The molecule has 1 amide bonds. The number of hydrogen-bond donors (Lipinski definition) is 0. The van der Waals surface area contributed by atoms with Crippen LogP contribution in [-0.4, -0.2) is 42.5 Å². The standard InChI is InChI=1S/C24H25FN2O4/c1-5-19-23(15(2)17-8-6-7-9-20(17)26-19)24(29)31-14-22(28)27(3)13-16-10-11-21(30-4)18(25)12-16/h6-12H,5,13-14H2,1-4H3. The van der Waals surface area contributed by atoms with Crippen LogP contribution in [0.5, 0.6) is 5.75 Å². The van der Waals surface area contributed by atoms with Crippen LogP contribution in [0, 0.1) is 12.7 Å². The zero-order chi connectivity index (χ0) is 22.5. The second-order valence-electron chi connectivity index (χ2n) is 7.22. The van der Waals surface area contributed by atoms with Crippen LogP contribution in [0.4, 0.5) is 4.39 Å². The maximum absolute atomic E-state index is 13.9. The molecule has 0 aliphatic carbocycles. The monoisotopic (exact) mass is 424 g/mol. The number of nitrogens with zero attached hydrogens (tertiary/aromatic N) is 2. The highest BCUT2D eigenvalue weighted by atomic mass is 19.1. The molecule has 3 rings (SSSR count). The van der Waals surface area contributed by atoms with E-state index in [9.17, 15) is 14.0 Å². The summed E-state index contributed by atoms with van der Waals surface area (Å²) in [6.07, 6.45) is 0.562. The lowest BCUT2D eigenvalue weighted by atomic mass is 10.0. The van der Waals surface area contributed by atoms with E-state index in [4.69, 9.17) is 9.47 Å². The molecule has 1 aromatic heterocycles. The number of pyridine rings is 1. The molecule has 1 heterocycles. The molecule has 2 aromatic carbocycles. The fraction of sp³-hybridized carbons (Fsp3) is 0.292. The van der Waals surface area contributed by atoms with Crippen LogP contribution >= 0.6 is 0 Å². The molecule has 3 aromatic rings. The first-order valence-corrected chi connectivity index (χ1v) is 9.97. The number of carbonyl (C=O) groups is 2. The SMILES string of the molecule is CCc1nc2ccccc2c(C)c1C(=O)OCC(=O)N(C)Cc1ccc(OC)c(F)c1. The molecular weight excluding hydrogens is 399 g/mol. The van der Waals surface area contributed by atoms with Gasteiger partial charge < -0.3 is 14.4 Å². The Hall–Kier alpha value is -3.48. The largest absolute Gasteiger partial charge is 0.494 e. The van der Waals surface area contributed by atoms with Crippen molar-refractivity contribution in [2.75, 3.05) is 20.8 Å². The van der Waals surface area contributed by atoms with E-state index < -0.39 is 24.3 Å². The summed E-state index contributed by atoms with van der Waals surface area (Å²) in [6.45, 7) is 3.53. The zero-order valence-corrected chi connectivity index (χ0v) is 18.1. The van der Waals surface area contributed by atoms with Crippen LogP contribution in [0.2, 0.25) is 0 Å². The van der Waals surface area contributed by atoms with E-state index in [2.05, 4.69) is 4.98 Å². The Morgan fingerprint density at radius 3 is 2.58 bits per heavy atom. The number of benzene rings is 2. The van der Waals surface area contributed by atoms with E-state index in [1.54, 1.807) is 13.1 Å². The summed E-state index contributed by atoms with van der Waals surface area (Å²) in [4.78, 5) is 31.2. The third kappa shape index (κ3) is 4.82. The van der Waals surface area contributed by atoms with Crippen molar-refractivity contribution in [3.05, 3.63) is 70.7 Å². The molecule has 0 fully saturated rings. The number of ether oxygens (including phenoxy) is 2. The Kier molecular flexibility index (Phi) is 6.84. The number of fused-ring (bicyclic) bond motifs is 1. The number of amides is 1. The second-order valence-corrected chi connectivity index (χ2v) is 7.22. The fourth-order valence-corrected chi connectivity index (χ4v) is 3.45. The van der Waals surface area contributed by atoms with Crippen LogP contribution < -0.4 is 4.74 Å². The summed E-state index contributed by atoms with van der Waals surface area (Å²) >= 11 is 0. The molecule has 0 saturated carbocycles. The van der Waals surface area contributed by atoms with Crippen LogP contribution in [-0.2, 0) is 22.5 Å².